The van der Waals surface area contributed by atoms with Crippen molar-refractivity contribution >= 4 is 27.3 Å². The molecule has 0 bridgehead atoms. The molecule has 1 aliphatic rings. The molecule has 2 nitrogen and oxygen atoms in total. The van der Waals surface area contributed by atoms with Gasteiger partial charge in [0, 0.05) is 28.9 Å². The van der Waals surface area contributed by atoms with Crippen molar-refractivity contribution in [3.05, 3.63) is 50.4 Å². The van der Waals surface area contributed by atoms with Crippen LogP contribution in [0.3, 0.4) is 0 Å². The van der Waals surface area contributed by atoms with Crippen molar-refractivity contribution in [2.24, 2.45) is 0 Å². The zero-order chi connectivity index (χ0) is 12.6. The summed E-state index contributed by atoms with van der Waals surface area (Å²) >= 11 is 5.12. The minimum absolute atomic E-state index is 0.626. The monoisotopic (exact) mass is 323 g/mol. The van der Waals surface area contributed by atoms with Gasteiger partial charge in [-0.3, -0.25) is 0 Å². The number of benzene rings is 1. The van der Waals surface area contributed by atoms with Crippen LogP contribution in [0, 0.1) is 0 Å². The molecule has 1 atom stereocenters. The third-order valence-electron chi connectivity index (χ3n) is 3.51. The number of aliphatic hydroxyl groups is 1. The van der Waals surface area contributed by atoms with Crippen LogP contribution in [-0.4, -0.2) is 15.7 Å². The van der Waals surface area contributed by atoms with E-state index in [1.165, 1.54) is 11.1 Å². The number of hydrogen-bond acceptors (Lipinski definition) is 3. The fraction of sp³-hybridized carbons (Fsp3) is 0.357. The third kappa shape index (κ3) is 2.51. The summed E-state index contributed by atoms with van der Waals surface area (Å²) in [6.07, 6.45) is 4.96. The first-order valence-electron chi connectivity index (χ1n) is 6.03. The van der Waals surface area contributed by atoms with Crippen molar-refractivity contribution in [2.45, 2.75) is 31.3 Å². The van der Waals surface area contributed by atoms with E-state index in [0.29, 0.717) is 6.42 Å². The summed E-state index contributed by atoms with van der Waals surface area (Å²) in [5.74, 6) is 0. The van der Waals surface area contributed by atoms with Gasteiger partial charge in [-0.25, -0.2) is 4.98 Å². The summed E-state index contributed by atoms with van der Waals surface area (Å²) in [7, 11) is 0. The van der Waals surface area contributed by atoms with Gasteiger partial charge in [-0.05, 0) is 36.1 Å². The third-order valence-corrected chi connectivity index (χ3v) is 4.78. The molecule has 0 saturated heterocycles. The molecule has 0 radical (unpaired) electrons. The number of aromatic nitrogens is 1. The fourth-order valence-corrected chi connectivity index (χ4v) is 3.74. The van der Waals surface area contributed by atoms with Gasteiger partial charge in [0.25, 0.3) is 0 Å². The van der Waals surface area contributed by atoms with Crippen molar-refractivity contribution in [3.8, 4) is 0 Å². The first-order chi connectivity index (χ1) is 8.65. The van der Waals surface area contributed by atoms with Crippen molar-refractivity contribution in [2.75, 3.05) is 0 Å². The Kier molecular flexibility index (Phi) is 3.26. The second-order valence-corrected chi connectivity index (χ2v) is 6.81. The highest BCUT2D eigenvalue weighted by Crippen LogP contribution is 2.33. The number of nitrogens with zero attached hydrogens (tertiary/aromatic N) is 1. The van der Waals surface area contributed by atoms with Crippen LogP contribution >= 0.6 is 27.3 Å². The maximum atomic E-state index is 10.7. The summed E-state index contributed by atoms with van der Waals surface area (Å²) < 4.78 is 1.12. The Balaban J connectivity index is 1.83. The molecule has 4 heteroatoms. The molecule has 0 spiro atoms. The van der Waals surface area contributed by atoms with E-state index in [-0.39, 0.29) is 0 Å². The molecule has 18 heavy (non-hydrogen) atoms. The second kappa shape index (κ2) is 4.76. The maximum Gasteiger partial charge on any atom is 0.0953 e. The first-order valence-corrected chi connectivity index (χ1v) is 7.70. The summed E-state index contributed by atoms with van der Waals surface area (Å²) in [6, 6.07) is 6.33. The molecular weight excluding hydrogens is 310 g/mol. The molecule has 1 aliphatic carbocycles. The van der Waals surface area contributed by atoms with Crippen LogP contribution in [0.15, 0.2) is 34.2 Å². The molecule has 0 saturated carbocycles. The Hall–Kier alpha value is -0.710. The van der Waals surface area contributed by atoms with Gasteiger partial charge < -0.3 is 5.11 Å². The van der Waals surface area contributed by atoms with Crippen LogP contribution in [0.25, 0.3) is 0 Å². The van der Waals surface area contributed by atoms with Crippen LogP contribution in [-0.2, 0) is 19.3 Å². The van der Waals surface area contributed by atoms with Gasteiger partial charge in [-0.15, -0.1) is 11.3 Å². The molecule has 1 heterocycles. The van der Waals surface area contributed by atoms with Gasteiger partial charge in [0.2, 0.25) is 0 Å². The molecule has 1 aromatic carbocycles. The van der Waals surface area contributed by atoms with E-state index in [4.69, 9.17) is 0 Å². The molecule has 0 amide bonds. The highest BCUT2D eigenvalue weighted by molar-refractivity contribution is 9.10. The summed E-state index contributed by atoms with van der Waals surface area (Å²) in [5, 5.41) is 13.7. The average molecular weight is 324 g/mol. The first kappa shape index (κ1) is 12.3. The van der Waals surface area contributed by atoms with Crippen LogP contribution in [0.5, 0.6) is 0 Å². The lowest BCUT2D eigenvalue weighted by atomic mass is 9.79. The van der Waals surface area contributed by atoms with Crippen LogP contribution < -0.4 is 0 Å². The smallest absolute Gasteiger partial charge is 0.0953 e. The van der Waals surface area contributed by atoms with Crippen molar-refractivity contribution in [1.29, 1.82) is 0 Å². The quantitative estimate of drug-likeness (QED) is 0.919. The van der Waals surface area contributed by atoms with Gasteiger partial charge in [-0.1, -0.05) is 22.0 Å². The van der Waals surface area contributed by atoms with Gasteiger partial charge in [0.05, 0.1) is 10.6 Å². The van der Waals surface area contributed by atoms with Crippen LogP contribution in [0.4, 0.5) is 0 Å². The zero-order valence-corrected chi connectivity index (χ0v) is 12.3. The van der Waals surface area contributed by atoms with Crippen molar-refractivity contribution < 1.29 is 5.11 Å². The topological polar surface area (TPSA) is 33.1 Å². The van der Waals surface area contributed by atoms with Gasteiger partial charge in [-0.2, -0.15) is 0 Å². The van der Waals surface area contributed by atoms with E-state index in [1.807, 2.05) is 11.4 Å². The lowest BCUT2D eigenvalue weighted by molar-refractivity contribution is 0.0267. The van der Waals surface area contributed by atoms with E-state index < -0.39 is 5.60 Å². The lowest BCUT2D eigenvalue weighted by Gasteiger charge is -2.33. The molecular formula is C14H14BrNOS. The number of fused-ring (bicyclic) bond motifs is 1. The van der Waals surface area contributed by atoms with E-state index >= 15 is 0 Å². The maximum absolute atomic E-state index is 10.7. The molecule has 94 valence electrons. The Morgan fingerprint density at radius 2 is 2.28 bits per heavy atom. The zero-order valence-electron chi connectivity index (χ0n) is 9.90. The van der Waals surface area contributed by atoms with Gasteiger partial charge >= 0.3 is 0 Å². The van der Waals surface area contributed by atoms with E-state index in [2.05, 4.69) is 33.0 Å². The normalized spacial score (nSPS) is 22.8. The van der Waals surface area contributed by atoms with E-state index in [1.54, 1.807) is 17.5 Å². The summed E-state index contributed by atoms with van der Waals surface area (Å²) in [5.41, 5.74) is 2.00. The highest BCUT2D eigenvalue weighted by Gasteiger charge is 2.33. The average Bonchev–Trinajstić information content (AvgIpc) is 2.82. The summed E-state index contributed by atoms with van der Waals surface area (Å²) in [6.45, 7) is 0. The number of aryl methyl sites for hydroxylation is 1. The molecule has 1 unspecified atom stereocenters. The van der Waals surface area contributed by atoms with E-state index in [9.17, 15) is 5.11 Å². The highest BCUT2D eigenvalue weighted by atomic mass is 79.9. The lowest BCUT2D eigenvalue weighted by Crippen LogP contribution is -2.38. The Bertz CT molecular complexity index is 555. The molecule has 0 fully saturated rings. The Labute approximate surface area is 119 Å². The summed E-state index contributed by atoms with van der Waals surface area (Å²) in [4.78, 5) is 4.28. The minimum Gasteiger partial charge on any atom is -0.389 e. The fourth-order valence-electron chi connectivity index (χ4n) is 2.58. The SMILES string of the molecule is OC1(Cc2nccs2)CCc2cc(Br)ccc2C1. The van der Waals surface area contributed by atoms with Crippen LogP contribution in [0.1, 0.15) is 22.6 Å². The Morgan fingerprint density at radius 3 is 3.06 bits per heavy atom. The number of thiazole rings is 1. The van der Waals surface area contributed by atoms with E-state index in [0.717, 1.165) is 28.7 Å². The predicted octanol–water partition coefficient (Wildman–Crippen LogP) is 3.37. The number of rotatable bonds is 2. The molecule has 2 aromatic rings. The molecule has 0 aliphatic heterocycles. The van der Waals surface area contributed by atoms with Crippen LogP contribution in [0.2, 0.25) is 0 Å². The largest absolute Gasteiger partial charge is 0.389 e. The molecule has 3 rings (SSSR count). The second-order valence-electron chi connectivity index (χ2n) is 4.92. The predicted molar refractivity (Wildman–Crippen MR) is 76.9 cm³/mol. The minimum atomic E-state index is -0.626. The van der Waals surface area contributed by atoms with Gasteiger partial charge in [0.15, 0.2) is 0 Å². The number of halogens is 1. The standard InChI is InChI=1S/C14H14BrNOS/c15-12-2-1-11-8-14(17,4-3-10(11)7-12)9-13-16-5-6-18-13/h1-2,5-7,17H,3-4,8-9H2. The molecule has 1 aromatic heterocycles. The molecule has 1 N–H and O–H groups in total. The number of hydrogen-bond donors (Lipinski definition) is 1. The van der Waals surface area contributed by atoms with Gasteiger partial charge in [0.1, 0.15) is 0 Å². The Morgan fingerprint density at radius 1 is 1.39 bits per heavy atom. The van der Waals surface area contributed by atoms with Crippen molar-refractivity contribution in [3.63, 3.8) is 0 Å². The van der Waals surface area contributed by atoms with Crippen molar-refractivity contribution in [1.82, 2.24) is 4.98 Å².